The summed E-state index contributed by atoms with van der Waals surface area (Å²) < 4.78 is 10.7. The molecule has 0 aromatic rings. The molecule has 4 nitrogen and oxygen atoms in total. The van der Waals surface area contributed by atoms with Crippen LogP contribution in [0.3, 0.4) is 0 Å². The Morgan fingerprint density at radius 1 is 1.41 bits per heavy atom. The summed E-state index contributed by atoms with van der Waals surface area (Å²) in [6.07, 6.45) is 4.60. The molecule has 0 aromatic carbocycles. The first-order valence-electron chi connectivity index (χ1n) is 6.75. The van der Waals surface area contributed by atoms with Crippen molar-refractivity contribution in [1.82, 2.24) is 4.90 Å². The summed E-state index contributed by atoms with van der Waals surface area (Å²) in [5.74, 6) is 0.783. The Balaban J connectivity index is 2.31. The number of rotatable bonds is 8. The number of likely N-dealkylation sites (N-methyl/N-ethyl adjacent to an activating group) is 1. The van der Waals surface area contributed by atoms with E-state index in [0.717, 1.165) is 51.7 Å². The number of nitrogens with two attached hydrogens (primary N) is 1. The van der Waals surface area contributed by atoms with Gasteiger partial charge >= 0.3 is 0 Å². The Labute approximate surface area is 105 Å². The van der Waals surface area contributed by atoms with Gasteiger partial charge in [-0.3, -0.25) is 0 Å². The Morgan fingerprint density at radius 3 is 2.71 bits per heavy atom. The van der Waals surface area contributed by atoms with Crippen LogP contribution in [0.1, 0.15) is 25.7 Å². The van der Waals surface area contributed by atoms with Crippen molar-refractivity contribution in [2.45, 2.75) is 31.7 Å². The zero-order chi connectivity index (χ0) is 12.5. The molecule has 0 aliphatic carbocycles. The maximum Gasteiger partial charge on any atom is 0.0617 e. The van der Waals surface area contributed by atoms with Crippen molar-refractivity contribution < 1.29 is 9.47 Å². The molecule has 0 spiro atoms. The lowest BCUT2D eigenvalue weighted by Crippen LogP contribution is -2.40. The highest BCUT2D eigenvalue weighted by atomic mass is 16.5. The quantitative estimate of drug-likeness (QED) is 0.694. The first-order chi connectivity index (χ1) is 8.27. The Bertz CT molecular complexity index is 184. The maximum absolute atomic E-state index is 5.58. The van der Waals surface area contributed by atoms with Gasteiger partial charge in [0.2, 0.25) is 0 Å². The molecule has 102 valence electrons. The van der Waals surface area contributed by atoms with Crippen molar-refractivity contribution >= 4 is 0 Å². The summed E-state index contributed by atoms with van der Waals surface area (Å²) >= 11 is 0. The molecule has 1 rings (SSSR count). The largest absolute Gasteiger partial charge is 0.383 e. The Kier molecular flexibility index (Phi) is 7.77. The third-order valence-corrected chi connectivity index (χ3v) is 3.61. The van der Waals surface area contributed by atoms with Crippen LogP contribution >= 0.6 is 0 Å². The standard InChI is InChI=1S/C13H28N2O2/c1-15(10-12-5-8-17-9-6-12)13(11-16-2)4-3-7-14/h12-13H,3-11,14H2,1-2H3. The topological polar surface area (TPSA) is 47.7 Å². The van der Waals surface area contributed by atoms with Gasteiger partial charge in [-0.05, 0) is 45.2 Å². The van der Waals surface area contributed by atoms with E-state index in [1.807, 2.05) is 0 Å². The van der Waals surface area contributed by atoms with Crippen molar-refractivity contribution in [2.75, 3.05) is 47.1 Å². The highest BCUT2D eigenvalue weighted by Gasteiger charge is 2.20. The highest BCUT2D eigenvalue weighted by Crippen LogP contribution is 2.17. The molecular weight excluding hydrogens is 216 g/mol. The van der Waals surface area contributed by atoms with Gasteiger partial charge in [0.1, 0.15) is 0 Å². The number of methoxy groups -OCH3 is 1. The predicted octanol–water partition coefficient (Wildman–Crippen LogP) is 1.10. The lowest BCUT2D eigenvalue weighted by Gasteiger charge is -2.32. The van der Waals surface area contributed by atoms with E-state index in [1.54, 1.807) is 7.11 Å². The molecule has 1 saturated heterocycles. The Morgan fingerprint density at radius 2 is 2.12 bits per heavy atom. The monoisotopic (exact) mass is 244 g/mol. The molecule has 4 heteroatoms. The van der Waals surface area contributed by atoms with Crippen LogP contribution in [0.25, 0.3) is 0 Å². The second kappa shape index (κ2) is 8.86. The summed E-state index contributed by atoms with van der Waals surface area (Å²) in [4.78, 5) is 2.44. The average Bonchev–Trinajstić information content (AvgIpc) is 2.35. The molecule has 0 amide bonds. The zero-order valence-corrected chi connectivity index (χ0v) is 11.4. The second-order valence-electron chi connectivity index (χ2n) is 5.04. The average molecular weight is 244 g/mol. The SMILES string of the molecule is COCC(CCCN)N(C)CC1CCOCC1. The summed E-state index contributed by atoms with van der Waals surface area (Å²) in [5, 5.41) is 0. The zero-order valence-electron chi connectivity index (χ0n) is 11.4. The van der Waals surface area contributed by atoms with Crippen LogP contribution in [0.2, 0.25) is 0 Å². The van der Waals surface area contributed by atoms with E-state index < -0.39 is 0 Å². The molecule has 1 heterocycles. The number of ether oxygens (including phenoxy) is 2. The minimum absolute atomic E-state index is 0.506. The third kappa shape index (κ3) is 5.82. The second-order valence-corrected chi connectivity index (χ2v) is 5.04. The minimum atomic E-state index is 0.506. The van der Waals surface area contributed by atoms with E-state index >= 15 is 0 Å². The van der Waals surface area contributed by atoms with Gasteiger partial charge in [0.15, 0.2) is 0 Å². The van der Waals surface area contributed by atoms with Gasteiger partial charge in [-0.25, -0.2) is 0 Å². The van der Waals surface area contributed by atoms with E-state index in [1.165, 1.54) is 12.8 Å². The van der Waals surface area contributed by atoms with Crippen molar-refractivity contribution in [3.63, 3.8) is 0 Å². The molecule has 1 atom stereocenters. The highest BCUT2D eigenvalue weighted by molar-refractivity contribution is 4.73. The summed E-state index contributed by atoms with van der Waals surface area (Å²) in [7, 11) is 3.98. The first-order valence-corrected chi connectivity index (χ1v) is 6.75. The Hall–Kier alpha value is -0.160. The van der Waals surface area contributed by atoms with Crippen molar-refractivity contribution in [2.24, 2.45) is 11.7 Å². The van der Waals surface area contributed by atoms with Gasteiger partial charge in [0.25, 0.3) is 0 Å². The van der Waals surface area contributed by atoms with Gasteiger partial charge in [-0.1, -0.05) is 0 Å². The molecule has 0 saturated carbocycles. The van der Waals surface area contributed by atoms with Crippen LogP contribution in [-0.2, 0) is 9.47 Å². The lowest BCUT2D eigenvalue weighted by molar-refractivity contribution is 0.0383. The molecule has 17 heavy (non-hydrogen) atoms. The molecule has 0 aromatic heterocycles. The molecule has 1 unspecified atom stereocenters. The van der Waals surface area contributed by atoms with Gasteiger partial charge in [-0.15, -0.1) is 0 Å². The molecule has 1 aliphatic heterocycles. The molecule has 1 fully saturated rings. The minimum Gasteiger partial charge on any atom is -0.383 e. The van der Waals surface area contributed by atoms with E-state index in [-0.39, 0.29) is 0 Å². The maximum atomic E-state index is 5.58. The van der Waals surface area contributed by atoms with Crippen LogP contribution < -0.4 is 5.73 Å². The van der Waals surface area contributed by atoms with Crippen molar-refractivity contribution in [3.8, 4) is 0 Å². The summed E-state index contributed by atoms with van der Waals surface area (Å²) in [6.45, 7) is 4.58. The number of hydrogen-bond acceptors (Lipinski definition) is 4. The molecule has 0 radical (unpaired) electrons. The van der Waals surface area contributed by atoms with Crippen molar-refractivity contribution in [1.29, 1.82) is 0 Å². The summed E-state index contributed by atoms with van der Waals surface area (Å²) in [6, 6.07) is 0.506. The molecule has 1 aliphatic rings. The third-order valence-electron chi connectivity index (χ3n) is 3.61. The van der Waals surface area contributed by atoms with Crippen LogP contribution in [0.15, 0.2) is 0 Å². The predicted molar refractivity (Wildman–Crippen MR) is 70.1 cm³/mol. The molecular formula is C13H28N2O2. The van der Waals surface area contributed by atoms with Gasteiger partial charge < -0.3 is 20.1 Å². The van der Waals surface area contributed by atoms with Gasteiger partial charge in [-0.2, -0.15) is 0 Å². The van der Waals surface area contributed by atoms with Crippen LogP contribution in [0.5, 0.6) is 0 Å². The lowest BCUT2D eigenvalue weighted by atomic mass is 9.98. The number of hydrogen-bond donors (Lipinski definition) is 1. The van der Waals surface area contributed by atoms with E-state index in [4.69, 9.17) is 15.2 Å². The van der Waals surface area contributed by atoms with E-state index in [2.05, 4.69) is 11.9 Å². The van der Waals surface area contributed by atoms with E-state index in [0.29, 0.717) is 6.04 Å². The van der Waals surface area contributed by atoms with Gasteiger partial charge in [0, 0.05) is 32.9 Å². The van der Waals surface area contributed by atoms with Gasteiger partial charge in [0.05, 0.1) is 6.61 Å². The fourth-order valence-corrected chi connectivity index (χ4v) is 2.46. The normalized spacial score (nSPS) is 19.8. The van der Waals surface area contributed by atoms with E-state index in [9.17, 15) is 0 Å². The summed E-state index contributed by atoms with van der Waals surface area (Å²) in [5.41, 5.74) is 5.58. The van der Waals surface area contributed by atoms with Crippen LogP contribution in [-0.4, -0.2) is 58.0 Å². The molecule has 0 bridgehead atoms. The number of nitrogens with zero attached hydrogens (tertiary/aromatic N) is 1. The smallest absolute Gasteiger partial charge is 0.0617 e. The first kappa shape index (κ1) is 14.9. The molecule has 2 N–H and O–H groups in total. The van der Waals surface area contributed by atoms with Crippen molar-refractivity contribution in [3.05, 3.63) is 0 Å². The fourth-order valence-electron chi connectivity index (χ4n) is 2.46. The van der Waals surface area contributed by atoms with Crippen LogP contribution in [0.4, 0.5) is 0 Å². The van der Waals surface area contributed by atoms with Crippen LogP contribution in [0, 0.1) is 5.92 Å². The fraction of sp³-hybridized carbons (Fsp3) is 1.00.